The molecule has 1 heterocycles. The minimum atomic E-state index is -1.98. The maximum atomic E-state index is 4.09. The van der Waals surface area contributed by atoms with Gasteiger partial charge in [-0.3, -0.25) is 0 Å². The van der Waals surface area contributed by atoms with Crippen molar-refractivity contribution in [3.05, 3.63) is 83.2 Å². The summed E-state index contributed by atoms with van der Waals surface area (Å²) in [6.45, 7) is 14.3. The van der Waals surface area contributed by atoms with Gasteiger partial charge in [-0.25, -0.2) is 0 Å². The Hall–Kier alpha value is -2.06. The van der Waals surface area contributed by atoms with Crippen LogP contribution in [0.15, 0.2) is 72.1 Å². The van der Waals surface area contributed by atoms with Gasteiger partial charge in [0.25, 0.3) is 0 Å². The lowest BCUT2D eigenvalue weighted by molar-refractivity contribution is 0.609. The van der Waals surface area contributed by atoms with Crippen molar-refractivity contribution in [1.29, 1.82) is 0 Å². The first kappa shape index (κ1) is 18.7. The highest BCUT2D eigenvalue weighted by Gasteiger charge is 2.55. The monoisotopic (exact) mass is 361 g/mol. The van der Waals surface area contributed by atoms with Gasteiger partial charge in [-0.1, -0.05) is 108 Å². The maximum Gasteiger partial charge on any atom is 0.189 e. The molecule has 2 aromatic carbocycles. The van der Waals surface area contributed by atoms with Crippen molar-refractivity contribution in [1.82, 2.24) is 4.98 Å². The lowest BCUT2D eigenvalue weighted by Gasteiger charge is -2.48. The molecule has 0 saturated heterocycles. The van der Waals surface area contributed by atoms with Crippen molar-refractivity contribution in [2.45, 2.75) is 51.6 Å². The van der Waals surface area contributed by atoms with Gasteiger partial charge in [0.1, 0.15) is 0 Å². The van der Waals surface area contributed by atoms with Crippen LogP contribution in [0, 0.1) is 0 Å². The normalized spacial score (nSPS) is 18.5. The van der Waals surface area contributed by atoms with Crippen LogP contribution in [0.4, 0.5) is 0 Å². The molecule has 2 heteroatoms. The van der Waals surface area contributed by atoms with Crippen LogP contribution in [-0.2, 0) is 0 Å². The Labute approximate surface area is 159 Å². The molecule has 0 unspecified atom stereocenters. The Morgan fingerprint density at radius 2 is 1.23 bits per heavy atom. The molecule has 1 N–H and O–H groups in total. The fourth-order valence-electron chi connectivity index (χ4n) is 4.23. The van der Waals surface area contributed by atoms with Crippen LogP contribution in [0.2, 0.25) is 10.1 Å². The molecule has 3 rings (SSSR count). The number of hydrogen-bond acceptors (Lipinski definition) is 1. The van der Waals surface area contributed by atoms with Crippen LogP contribution >= 0.6 is 0 Å². The Kier molecular flexibility index (Phi) is 4.74. The first-order chi connectivity index (χ1) is 12.1. The predicted octanol–water partition coefficient (Wildman–Crippen LogP) is 6.80. The van der Waals surface area contributed by atoms with Crippen molar-refractivity contribution >= 4 is 19.9 Å². The van der Waals surface area contributed by atoms with E-state index in [0.29, 0.717) is 0 Å². The van der Waals surface area contributed by atoms with E-state index in [4.69, 9.17) is 0 Å². The summed E-state index contributed by atoms with van der Waals surface area (Å²) < 4.78 is 0. The molecule has 0 radical (unpaired) electrons. The second kappa shape index (κ2) is 6.59. The van der Waals surface area contributed by atoms with Crippen LogP contribution < -0.4 is 4.98 Å². The topological polar surface area (TPSA) is 12.0 Å². The highest BCUT2D eigenvalue weighted by atomic mass is 28.3. The zero-order valence-corrected chi connectivity index (χ0v) is 17.9. The molecule has 0 aliphatic carbocycles. The van der Waals surface area contributed by atoms with Crippen molar-refractivity contribution in [2.24, 2.45) is 0 Å². The average Bonchev–Trinajstić information content (AvgIpc) is 2.97. The first-order valence-electron chi connectivity index (χ1n) is 9.48. The van der Waals surface area contributed by atoms with Gasteiger partial charge >= 0.3 is 0 Å². The van der Waals surface area contributed by atoms with E-state index in [9.17, 15) is 0 Å². The van der Waals surface area contributed by atoms with Crippen LogP contribution in [0.3, 0.4) is 0 Å². The summed E-state index contributed by atoms with van der Waals surface area (Å²) in [6.07, 6.45) is 2.31. The molecule has 1 aliphatic heterocycles. The smallest absolute Gasteiger partial charge is 0.189 e. The van der Waals surface area contributed by atoms with E-state index in [-0.39, 0.29) is 10.1 Å². The molecule has 0 fully saturated rings. The van der Waals surface area contributed by atoms with Crippen molar-refractivity contribution < 1.29 is 0 Å². The zero-order chi connectivity index (χ0) is 19.0. The van der Waals surface area contributed by atoms with E-state index < -0.39 is 8.24 Å². The van der Waals surface area contributed by atoms with Crippen LogP contribution in [0.5, 0.6) is 0 Å². The molecule has 2 aromatic rings. The van der Waals surface area contributed by atoms with Gasteiger partial charge in [0.05, 0.1) is 0 Å². The number of nitrogens with one attached hydrogen (secondary N) is 1. The zero-order valence-electron chi connectivity index (χ0n) is 16.9. The summed E-state index contributed by atoms with van der Waals surface area (Å²) in [4.78, 5) is 4.09. The van der Waals surface area contributed by atoms with Gasteiger partial charge in [0.15, 0.2) is 8.24 Å². The standard InChI is InChI=1S/C24H31NSi/c1-23(2,3)26(24(4,5)6)18-21(20-15-11-8-12-16-20)22(25-26)17-19-13-9-7-10-14-19/h7-18,25H,1-6H3/b22-17-. The van der Waals surface area contributed by atoms with Crippen molar-refractivity contribution in [2.75, 3.05) is 0 Å². The Morgan fingerprint density at radius 1 is 0.731 bits per heavy atom. The lowest BCUT2D eigenvalue weighted by atomic mass is 10.0. The molecule has 1 nitrogen and oxygen atoms in total. The summed E-state index contributed by atoms with van der Waals surface area (Å²) in [5.41, 5.74) is 7.76. The quantitative estimate of drug-likeness (QED) is 0.580. The van der Waals surface area contributed by atoms with Crippen LogP contribution in [-0.4, -0.2) is 8.24 Å². The minimum Gasteiger partial charge on any atom is -0.406 e. The molecular formula is C24H31NSi. The molecule has 0 aromatic heterocycles. The molecule has 0 atom stereocenters. The maximum absolute atomic E-state index is 4.09. The second-order valence-electron chi connectivity index (χ2n) is 9.33. The largest absolute Gasteiger partial charge is 0.406 e. The predicted molar refractivity (Wildman–Crippen MR) is 117 cm³/mol. The highest BCUT2D eigenvalue weighted by Crippen LogP contribution is 2.54. The summed E-state index contributed by atoms with van der Waals surface area (Å²) in [7, 11) is -1.98. The van der Waals surface area contributed by atoms with E-state index in [0.717, 1.165) is 0 Å². The molecule has 0 amide bonds. The summed E-state index contributed by atoms with van der Waals surface area (Å²) in [5, 5.41) is 0.412. The molecule has 26 heavy (non-hydrogen) atoms. The fourth-order valence-corrected chi connectivity index (χ4v) is 9.55. The third-order valence-corrected chi connectivity index (χ3v) is 11.7. The van der Waals surface area contributed by atoms with Crippen molar-refractivity contribution in [3.8, 4) is 0 Å². The van der Waals surface area contributed by atoms with Gasteiger partial charge in [-0.15, -0.1) is 0 Å². The molecule has 0 bridgehead atoms. The van der Waals surface area contributed by atoms with Gasteiger partial charge in [-0.05, 0) is 32.9 Å². The molecule has 0 saturated carbocycles. The lowest BCUT2D eigenvalue weighted by Crippen LogP contribution is -2.59. The van der Waals surface area contributed by atoms with E-state index in [1.165, 1.54) is 22.4 Å². The Balaban J connectivity index is 2.20. The van der Waals surface area contributed by atoms with Crippen LogP contribution in [0.1, 0.15) is 52.7 Å². The average molecular weight is 362 g/mol. The van der Waals surface area contributed by atoms with E-state index in [1.807, 2.05) is 0 Å². The molecule has 0 spiro atoms. The highest BCUT2D eigenvalue weighted by molar-refractivity contribution is 6.89. The molecule has 136 valence electrons. The minimum absolute atomic E-state index is 0.206. The molecule has 1 aliphatic rings. The fraction of sp³-hybridized carbons (Fsp3) is 0.333. The van der Waals surface area contributed by atoms with Crippen molar-refractivity contribution in [3.63, 3.8) is 0 Å². The van der Waals surface area contributed by atoms with Gasteiger partial charge in [-0.2, -0.15) is 0 Å². The number of allylic oxidation sites excluding steroid dienone is 1. The second-order valence-corrected chi connectivity index (χ2v) is 14.5. The Bertz CT molecular complexity index is 804. The Morgan fingerprint density at radius 3 is 1.73 bits per heavy atom. The molecular weight excluding hydrogens is 330 g/mol. The third kappa shape index (κ3) is 3.31. The van der Waals surface area contributed by atoms with E-state index in [2.05, 4.69) is 119 Å². The number of benzene rings is 2. The van der Waals surface area contributed by atoms with Gasteiger partial charge in [0.2, 0.25) is 0 Å². The number of hydrogen-bond donors (Lipinski definition) is 1. The van der Waals surface area contributed by atoms with Crippen LogP contribution in [0.25, 0.3) is 11.6 Å². The van der Waals surface area contributed by atoms with E-state index in [1.54, 1.807) is 0 Å². The summed E-state index contributed by atoms with van der Waals surface area (Å²) in [5.74, 6) is 0. The number of rotatable bonds is 2. The van der Waals surface area contributed by atoms with Gasteiger partial charge < -0.3 is 4.98 Å². The SMILES string of the molecule is CC(C)(C)[Si]1(C(C)(C)C)C=C(c2ccccc2)/C(=C/c2ccccc2)N1. The third-order valence-electron chi connectivity index (χ3n) is 5.54. The first-order valence-corrected chi connectivity index (χ1v) is 11.6. The summed E-state index contributed by atoms with van der Waals surface area (Å²) >= 11 is 0. The summed E-state index contributed by atoms with van der Waals surface area (Å²) in [6, 6.07) is 21.4. The van der Waals surface area contributed by atoms with E-state index >= 15 is 0 Å². The van der Waals surface area contributed by atoms with Gasteiger partial charge in [0, 0.05) is 5.70 Å².